The fraction of sp³-hybridized carbons (Fsp3) is 0.353. The van der Waals surface area contributed by atoms with Gasteiger partial charge < -0.3 is 19.0 Å². The van der Waals surface area contributed by atoms with Crippen LogP contribution >= 0.6 is 11.3 Å². The highest BCUT2D eigenvalue weighted by molar-refractivity contribution is 7.20. The summed E-state index contributed by atoms with van der Waals surface area (Å²) >= 11 is 1.52. The van der Waals surface area contributed by atoms with Gasteiger partial charge in [0.2, 0.25) is 0 Å². The molecule has 1 N–H and O–H groups in total. The SMILES string of the molecule is O=C(c1cc2[nH]ccc2s1)N(Cc1ccco1)C[C@@H]1CCCO1. The van der Waals surface area contributed by atoms with Gasteiger partial charge in [-0.25, -0.2) is 0 Å². The average molecular weight is 330 g/mol. The van der Waals surface area contributed by atoms with Crippen molar-refractivity contribution >= 4 is 27.5 Å². The van der Waals surface area contributed by atoms with E-state index >= 15 is 0 Å². The average Bonchev–Trinajstić information content (AvgIpc) is 3.30. The molecule has 0 aromatic carbocycles. The van der Waals surface area contributed by atoms with E-state index in [0.717, 1.165) is 40.3 Å². The largest absolute Gasteiger partial charge is 0.467 e. The zero-order valence-electron chi connectivity index (χ0n) is 12.7. The second-order valence-electron chi connectivity index (χ2n) is 5.77. The summed E-state index contributed by atoms with van der Waals surface area (Å²) in [6.45, 7) is 1.86. The molecule has 23 heavy (non-hydrogen) atoms. The number of aromatic amines is 1. The number of ether oxygens (including phenoxy) is 1. The highest BCUT2D eigenvalue weighted by atomic mass is 32.1. The van der Waals surface area contributed by atoms with Crippen LogP contribution in [0.2, 0.25) is 0 Å². The molecule has 1 atom stereocenters. The molecule has 120 valence electrons. The Morgan fingerprint density at radius 2 is 2.39 bits per heavy atom. The number of fused-ring (bicyclic) bond motifs is 1. The Morgan fingerprint density at radius 1 is 1.43 bits per heavy atom. The van der Waals surface area contributed by atoms with Crippen LogP contribution in [0.4, 0.5) is 0 Å². The number of aromatic nitrogens is 1. The standard InChI is InChI=1S/C17H18N2O3S/c20-17(16-9-14-15(23-16)5-6-18-14)19(10-12-3-1-7-21-12)11-13-4-2-8-22-13/h1,3,5-7,9,13,18H,2,4,8,10-11H2/t13-/m0/s1. The number of carbonyl (C=O) groups excluding carboxylic acids is 1. The molecule has 4 heterocycles. The van der Waals surface area contributed by atoms with Gasteiger partial charge in [0.05, 0.1) is 34.0 Å². The van der Waals surface area contributed by atoms with Gasteiger partial charge in [0.1, 0.15) is 5.76 Å². The van der Waals surface area contributed by atoms with Crippen LogP contribution < -0.4 is 0 Å². The van der Waals surface area contributed by atoms with E-state index in [4.69, 9.17) is 9.15 Å². The van der Waals surface area contributed by atoms with Crippen molar-refractivity contribution in [3.8, 4) is 0 Å². The predicted molar refractivity (Wildman–Crippen MR) is 88.6 cm³/mol. The lowest BCUT2D eigenvalue weighted by Gasteiger charge is -2.24. The van der Waals surface area contributed by atoms with Crippen LogP contribution in [0.1, 0.15) is 28.3 Å². The number of hydrogen-bond donors (Lipinski definition) is 1. The van der Waals surface area contributed by atoms with Crippen LogP contribution in [0, 0.1) is 0 Å². The molecule has 3 aromatic heterocycles. The third-order valence-corrected chi connectivity index (χ3v) is 5.20. The molecule has 6 heteroatoms. The molecule has 0 spiro atoms. The van der Waals surface area contributed by atoms with Crippen LogP contribution in [-0.2, 0) is 11.3 Å². The van der Waals surface area contributed by atoms with Crippen molar-refractivity contribution in [2.75, 3.05) is 13.2 Å². The smallest absolute Gasteiger partial charge is 0.264 e. The van der Waals surface area contributed by atoms with E-state index in [1.165, 1.54) is 11.3 Å². The number of hydrogen-bond acceptors (Lipinski definition) is 4. The topological polar surface area (TPSA) is 58.5 Å². The Hall–Kier alpha value is -2.05. The number of rotatable bonds is 5. The summed E-state index contributed by atoms with van der Waals surface area (Å²) in [6.07, 6.45) is 5.72. The molecule has 0 aliphatic carbocycles. The van der Waals surface area contributed by atoms with Crippen LogP contribution in [0.5, 0.6) is 0 Å². The van der Waals surface area contributed by atoms with Crippen molar-refractivity contribution in [1.82, 2.24) is 9.88 Å². The van der Waals surface area contributed by atoms with Gasteiger partial charge in [-0.05, 0) is 37.1 Å². The first-order chi connectivity index (χ1) is 11.3. The molecule has 1 saturated heterocycles. The van der Waals surface area contributed by atoms with Crippen LogP contribution in [-0.4, -0.2) is 35.0 Å². The maximum absolute atomic E-state index is 13.0. The Labute approximate surface area is 137 Å². The molecule has 4 rings (SSSR count). The van der Waals surface area contributed by atoms with Gasteiger partial charge in [0.25, 0.3) is 5.91 Å². The normalized spacial score (nSPS) is 17.8. The van der Waals surface area contributed by atoms with Crippen molar-refractivity contribution in [2.45, 2.75) is 25.5 Å². The van der Waals surface area contributed by atoms with E-state index in [0.29, 0.717) is 13.1 Å². The molecule has 0 unspecified atom stereocenters. The highest BCUT2D eigenvalue weighted by Gasteiger charge is 2.25. The van der Waals surface area contributed by atoms with Gasteiger partial charge in [-0.1, -0.05) is 0 Å². The van der Waals surface area contributed by atoms with E-state index in [1.54, 1.807) is 6.26 Å². The highest BCUT2D eigenvalue weighted by Crippen LogP contribution is 2.26. The second kappa shape index (κ2) is 6.22. The third-order valence-electron chi connectivity index (χ3n) is 4.11. The molecule has 1 fully saturated rings. The Kier molecular flexibility index (Phi) is 3.93. The van der Waals surface area contributed by atoms with Crippen LogP contribution in [0.3, 0.4) is 0 Å². The van der Waals surface area contributed by atoms with E-state index in [9.17, 15) is 4.79 Å². The molecule has 0 saturated carbocycles. The minimum atomic E-state index is 0.0338. The maximum Gasteiger partial charge on any atom is 0.264 e. The zero-order valence-corrected chi connectivity index (χ0v) is 13.5. The van der Waals surface area contributed by atoms with Crippen molar-refractivity contribution in [3.05, 3.63) is 47.4 Å². The molecular formula is C17H18N2O3S. The number of H-pyrrole nitrogens is 1. The fourth-order valence-corrected chi connectivity index (χ4v) is 3.95. The molecular weight excluding hydrogens is 312 g/mol. The third kappa shape index (κ3) is 3.04. The first-order valence-electron chi connectivity index (χ1n) is 7.80. The number of carbonyl (C=O) groups is 1. The summed E-state index contributed by atoms with van der Waals surface area (Å²) < 4.78 is 12.2. The van der Waals surface area contributed by atoms with Crippen molar-refractivity contribution < 1.29 is 13.9 Å². The summed E-state index contributed by atoms with van der Waals surface area (Å²) in [5.74, 6) is 0.824. The number of nitrogens with one attached hydrogen (secondary N) is 1. The van der Waals surface area contributed by atoms with E-state index in [-0.39, 0.29) is 12.0 Å². The molecule has 1 aliphatic rings. The van der Waals surface area contributed by atoms with Crippen LogP contribution in [0.25, 0.3) is 10.2 Å². The lowest BCUT2D eigenvalue weighted by molar-refractivity contribution is 0.0495. The van der Waals surface area contributed by atoms with Crippen molar-refractivity contribution in [3.63, 3.8) is 0 Å². The summed E-state index contributed by atoms with van der Waals surface area (Å²) in [6, 6.07) is 7.66. The van der Waals surface area contributed by atoms with Gasteiger partial charge in [-0.2, -0.15) is 0 Å². The summed E-state index contributed by atoms with van der Waals surface area (Å²) in [5.41, 5.74) is 1.01. The van der Waals surface area contributed by atoms with Gasteiger partial charge in [-0.3, -0.25) is 4.79 Å². The van der Waals surface area contributed by atoms with Crippen molar-refractivity contribution in [1.29, 1.82) is 0 Å². The minimum absolute atomic E-state index is 0.0338. The Bertz CT molecular complexity index is 755. The maximum atomic E-state index is 13.0. The molecule has 1 amide bonds. The Balaban J connectivity index is 1.57. The predicted octanol–water partition coefficient (Wildman–Crippen LogP) is 3.64. The van der Waals surface area contributed by atoms with Crippen LogP contribution in [0.15, 0.2) is 41.1 Å². The lowest BCUT2D eigenvalue weighted by atomic mass is 10.2. The number of thiophene rings is 1. The lowest BCUT2D eigenvalue weighted by Crippen LogP contribution is -2.36. The fourth-order valence-electron chi connectivity index (χ4n) is 2.95. The summed E-state index contributed by atoms with van der Waals surface area (Å²) in [5, 5.41) is 0. The van der Waals surface area contributed by atoms with E-state index in [2.05, 4.69) is 4.98 Å². The molecule has 0 bridgehead atoms. The number of furan rings is 1. The minimum Gasteiger partial charge on any atom is -0.467 e. The Morgan fingerprint density at radius 3 is 3.13 bits per heavy atom. The van der Waals surface area contributed by atoms with Gasteiger partial charge in [-0.15, -0.1) is 11.3 Å². The van der Waals surface area contributed by atoms with E-state index < -0.39 is 0 Å². The van der Waals surface area contributed by atoms with Gasteiger partial charge >= 0.3 is 0 Å². The first-order valence-corrected chi connectivity index (χ1v) is 8.61. The monoisotopic (exact) mass is 330 g/mol. The van der Waals surface area contributed by atoms with E-state index in [1.807, 2.05) is 35.4 Å². The summed E-state index contributed by atoms with van der Waals surface area (Å²) in [4.78, 5) is 18.7. The zero-order chi connectivity index (χ0) is 15.6. The quantitative estimate of drug-likeness (QED) is 0.777. The number of nitrogens with zero attached hydrogens (tertiary/aromatic N) is 1. The first kappa shape index (κ1) is 14.5. The summed E-state index contributed by atoms with van der Waals surface area (Å²) in [7, 11) is 0. The van der Waals surface area contributed by atoms with Crippen molar-refractivity contribution in [2.24, 2.45) is 0 Å². The van der Waals surface area contributed by atoms with Gasteiger partial charge in [0, 0.05) is 19.3 Å². The van der Waals surface area contributed by atoms with Gasteiger partial charge in [0.15, 0.2) is 0 Å². The molecule has 5 nitrogen and oxygen atoms in total. The second-order valence-corrected chi connectivity index (χ2v) is 6.85. The molecule has 0 radical (unpaired) electrons. The molecule has 3 aromatic rings. The number of amides is 1. The molecule has 1 aliphatic heterocycles.